The largest absolute Gasteiger partial charge is 0.399 e. The van der Waals surface area contributed by atoms with E-state index in [1.807, 2.05) is 12.1 Å². The Morgan fingerprint density at radius 3 is 2.04 bits per heavy atom. The molecule has 2 aliphatic rings. The van der Waals surface area contributed by atoms with E-state index < -0.39 is 0 Å². The summed E-state index contributed by atoms with van der Waals surface area (Å²) in [6.45, 7) is 9.52. The van der Waals surface area contributed by atoms with Crippen LogP contribution in [0.5, 0.6) is 0 Å². The van der Waals surface area contributed by atoms with Crippen molar-refractivity contribution in [2.75, 3.05) is 56.4 Å². The molecule has 0 amide bonds. The number of hydrogen-bond donors (Lipinski definition) is 1. The van der Waals surface area contributed by atoms with Gasteiger partial charge in [-0.25, -0.2) is 0 Å². The lowest BCUT2D eigenvalue weighted by Crippen LogP contribution is -2.48. The van der Waals surface area contributed by atoms with E-state index in [0.717, 1.165) is 18.2 Å². The van der Waals surface area contributed by atoms with E-state index in [-0.39, 0.29) is 0 Å². The van der Waals surface area contributed by atoms with E-state index >= 15 is 0 Å². The Morgan fingerprint density at radius 2 is 1.37 bits per heavy atom. The molecule has 144 valence electrons. The number of rotatable bonds is 5. The van der Waals surface area contributed by atoms with Gasteiger partial charge in [-0.1, -0.05) is 30.3 Å². The van der Waals surface area contributed by atoms with Gasteiger partial charge in [-0.3, -0.25) is 4.90 Å². The van der Waals surface area contributed by atoms with Crippen LogP contribution >= 0.6 is 0 Å². The average Bonchev–Trinajstić information content (AvgIpc) is 2.72. The number of benzene rings is 2. The highest BCUT2D eigenvalue weighted by Crippen LogP contribution is 2.25. The number of hydrogen-bond acceptors (Lipinski definition) is 4. The molecular formula is C23H32N4. The summed E-state index contributed by atoms with van der Waals surface area (Å²) in [5.74, 6) is 0.843. The van der Waals surface area contributed by atoms with Crippen LogP contribution in [-0.4, -0.2) is 55.6 Å². The molecule has 0 aliphatic carbocycles. The van der Waals surface area contributed by atoms with E-state index in [1.165, 1.54) is 69.9 Å². The van der Waals surface area contributed by atoms with Crippen molar-refractivity contribution in [3.05, 3.63) is 60.2 Å². The highest BCUT2D eigenvalue weighted by Gasteiger charge is 2.24. The SMILES string of the molecule is Nc1ccc(N2CCC(CN3CCN(Cc4ccccc4)CC3)CC2)cc1. The van der Waals surface area contributed by atoms with Crippen LogP contribution < -0.4 is 10.6 Å². The van der Waals surface area contributed by atoms with Gasteiger partial charge in [0.2, 0.25) is 0 Å². The van der Waals surface area contributed by atoms with Crippen LogP contribution in [-0.2, 0) is 6.54 Å². The molecule has 2 fully saturated rings. The Bertz CT molecular complexity index is 684. The third-order valence-corrected chi connectivity index (χ3v) is 6.10. The minimum absolute atomic E-state index is 0.843. The maximum atomic E-state index is 5.81. The fourth-order valence-electron chi connectivity index (χ4n) is 4.40. The van der Waals surface area contributed by atoms with Crippen LogP contribution in [0.15, 0.2) is 54.6 Å². The molecule has 0 saturated carbocycles. The van der Waals surface area contributed by atoms with Gasteiger partial charge < -0.3 is 15.5 Å². The van der Waals surface area contributed by atoms with E-state index in [2.05, 4.69) is 57.2 Å². The molecule has 2 heterocycles. The minimum atomic E-state index is 0.843. The van der Waals surface area contributed by atoms with Crippen LogP contribution in [0.25, 0.3) is 0 Å². The molecule has 0 unspecified atom stereocenters. The van der Waals surface area contributed by atoms with E-state index in [1.54, 1.807) is 0 Å². The van der Waals surface area contributed by atoms with Gasteiger partial charge in [0.1, 0.15) is 0 Å². The molecule has 0 spiro atoms. The molecule has 2 aromatic rings. The summed E-state index contributed by atoms with van der Waals surface area (Å²) in [5.41, 5.74) is 9.40. The van der Waals surface area contributed by atoms with Crippen molar-refractivity contribution in [1.29, 1.82) is 0 Å². The zero-order valence-electron chi connectivity index (χ0n) is 16.3. The number of nitrogens with two attached hydrogens (primary N) is 1. The first-order valence-electron chi connectivity index (χ1n) is 10.4. The smallest absolute Gasteiger partial charge is 0.0367 e. The second-order valence-electron chi connectivity index (χ2n) is 8.08. The highest BCUT2D eigenvalue weighted by molar-refractivity contribution is 5.53. The molecule has 4 heteroatoms. The maximum Gasteiger partial charge on any atom is 0.0367 e. The van der Waals surface area contributed by atoms with Crippen molar-refractivity contribution in [3.8, 4) is 0 Å². The lowest BCUT2D eigenvalue weighted by Gasteiger charge is -2.39. The van der Waals surface area contributed by atoms with E-state index in [4.69, 9.17) is 5.73 Å². The quantitative estimate of drug-likeness (QED) is 0.826. The number of anilines is 2. The summed E-state index contributed by atoms with van der Waals surface area (Å²) in [6.07, 6.45) is 2.60. The van der Waals surface area contributed by atoms with Crippen LogP contribution in [0.4, 0.5) is 11.4 Å². The molecule has 0 atom stereocenters. The summed E-state index contributed by atoms with van der Waals surface area (Å²) in [5, 5.41) is 0. The Hall–Kier alpha value is -2.04. The summed E-state index contributed by atoms with van der Waals surface area (Å²) in [4.78, 5) is 7.79. The van der Waals surface area contributed by atoms with E-state index in [9.17, 15) is 0 Å². The van der Waals surface area contributed by atoms with E-state index in [0.29, 0.717) is 0 Å². The third-order valence-electron chi connectivity index (χ3n) is 6.10. The highest BCUT2D eigenvalue weighted by atomic mass is 15.3. The molecule has 0 bridgehead atoms. The lowest BCUT2D eigenvalue weighted by molar-refractivity contribution is 0.108. The summed E-state index contributed by atoms with van der Waals surface area (Å²) < 4.78 is 0. The number of nitrogen functional groups attached to an aromatic ring is 1. The third kappa shape index (κ3) is 5.02. The molecule has 2 aromatic carbocycles. The molecule has 4 rings (SSSR count). The van der Waals surface area contributed by atoms with Crippen LogP contribution in [0, 0.1) is 5.92 Å². The summed E-state index contributed by atoms with van der Waals surface area (Å²) in [6, 6.07) is 19.2. The first-order valence-corrected chi connectivity index (χ1v) is 10.4. The van der Waals surface area contributed by atoms with Gasteiger partial charge in [0.25, 0.3) is 0 Å². The Balaban J connectivity index is 1.18. The van der Waals surface area contributed by atoms with Crippen molar-refractivity contribution in [3.63, 3.8) is 0 Å². The second kappa shape index (κ2) is 8.77. The molecule has 4 nitrogen and oxygen atoms in total. The molecule has 0 radical (unpaired) electrons. The molecule has 0 aromatic heterocycles. The molecule has 2 aliphatic heterocycles. The molecule has 27 heavy (non-hydrogen) atoms. The van der Waals surface area contributed by atoms with Gasteiger partial charge in [0, 0.05) is 63.7 Å². The van der Waals surface area contributed by atoms with Gasteiger partial charge in [-0.05, 0) is 48.6 Å². The predicted octanol–water partition coefficient (Wildman–Crippen LogP) is 3.30. The second-order valence-corrected chi connectivity index (χ2v) is 8.08. The lowest BCUT2D eigenvalue weighted by atomic mass is 9.95. The zero-order chi connectivity index (χ0) is 18.5. The van der Waals surface area contributed by atoms with Crippen molar-refractivity contribution >= 4 is 11.4 Å². The van der Waals surface area contributed by atoms with Crippen molar-refractivity contribution in [1.82, 2.24) is 9.80 Å². The Labute approximate surface area is 163 Å². The van der Waals surface area contributed by atoms with Crippen molar-refractivity contribution in [2.24, 2.45) is 5.92 Å². The minimum Gasteiger partial charge on any atom is -0.399 e. The topological polar surface area (TPSA) is 35.7 Å². The fourth-order valence-corrected chi connectivity index (χ4v) is 4.40. The Morgan fingerprint density at radius 1 is 0.741 bits per heavy atom. The van der Waals surface area contributed by atoms with Crippen LogP contribution in [0.2, 0.25) is 0 Å². The predicted molar refractivity (Wildman–Crippen MR) is 114 cm³/mol. The van der Waals surface area contributed by atoms with Gasteiger partial charge in [-0.15, -0.1) is 0 Å². The van der Waals surface area contributed by atoms with Crippen molar-refractivity contribution < 1.29 is 0 Å². The normalized spacial score (nSPS) is 20.1. The van der Waals surface area contributed by atoms with Crippen LogP contribution in [0.3, 0.4) is 0 Å². The van der Waals surface area contributed by atoms with Crippen molar-refractivity contribution in [2.45, 2.75) is 19.4 Å². The molecular weight excluding hydrogens is 332 g/mol. The van der Waals surface area contributed by atoms with Gasteiger partial charge in [0.05, 0.1) is 0 Å². The average molecular weight is 365 g/mol. The first-order chi connectivity index (χ1) is 13.3. The zero-order valence-corrected chi connectivity index (χ0v) is 16.3. The first kappa shape index (κ1) is 18.3. The number of piperidine rings is 1. The summed E-state index contributed by atoms with van der Waals surface area (Å²) in [7, 11) is 0. The molecule has 2 N–H and O–H groups in total. The standard InChI is InChI=1S/C23H32N4/c24-22-6-8-23(9-7-22)27-12-10-21(11-13-27)19-26-16-14-25(15-17-26)18-20-4-2-1-3-5-20/h1-9,21H,10-19,24H2. The monoisotopic (exact) mass is 364 g/mol. The molecule has 2 saturated heterocycles. The fraction of sp³-hybridized carbons (Fsp3) is 0.478. The number of piperazine rings is 1. The number of nitrogens with zero attached hydrogens (tertiary/aromatic N) is 3. The van der Waals surface area contributed by atoms with Gasteiger partial charge >= 0.3 is 0 Å². The van der Waals surface area contributed by atoms with Crippen LogP contribution in [0.1, 0.15) is 18.4 Å². The maximum absolute atomic E-state index is 5.81. The van der Waals surface area contributed by atoms with Gasteiger partial charge in [-0.2, -0.15) is 0 Å². The van der Waals surface area contributed by atoms with Gasteiger partial charge in [0.15, 0.2) is 0 Å². The Kier molecular flexibility index (Phi) is 5.95. The summed E-state index contributed by atoms with van der Waals surface area (Å²) >= 11 is 0.